The SMILES string of the molecule is CC[C@@]1(c2ccccc2)NC(=O)N(CC(=O)NC2CCCCC2)C1=O. The van der Waals surface area contributed by atoms with Crippen molar-refractivity contribution < 1.29 is 14.4 Å². The molecule has 1 atom stereocenters. The van der Waals surface area contributed by atoms with Crippen LogP contribution in [0.2, 0.25) is 0 Å². The maximum Gasteiger partial charge on any atom is 0.325 e. The molecule has 6 nitrogen and oxygen atoms in total. The number of nitrogens with one attached hydrogen (secondary N) is 2. The highest BCUT2D eigenvalue weighted by atomic mass is 16.2. The second kappa shape index (κ2) is 7.25. The van der Waals surface area contributed by atoms with E-state index in [-0.39, 0.29) is 24.4 Å². The molecule has 3 rings (SSSR count). The quantitative estimate of drug-likeness (QED) is 0.805. The van der Waals surface area contributed by atoms with Crippen LogP contribution in [0.15, 0.2) is 30.3 Å². The molecule has 0 aromatic heterocycles. The van der Waals surface area contributed by atoms with E-state index in [0.29, 0.717) is 6.42 Å². The molecule has 0 radical (unpaired) electrons. The van der Waals surface area contributed by atoms with Crippen LogP contribution in [-0.4, -0.2) is 35.3 Å². The van der Waals surface area contributed by atoms with Crippen LogP contribution in [0.4, 0.5) is 4.79 Å². The maximum atomic E-state index is 13.0. The zero-order valence-corrected chi connectivity index (χ0v) is 14.6. The normalized spacial score (nSPS) is 24.3. The van der Waals surface area contributed by atoms with Crippen LogP contribution in [-0.2, 0) is 15.1 Å². The minimum atomic E-state index is -1.08. The van der Waals surface area contributed by atoms with Crippen molar-refractivity contribution in [3.63, 3.8) is 0 Å². The van der Waals surface area contributed by atoms with Gasteiger partial charge in [-0.1, -0.05) is 56.5 Å². The molecule has 2 N–H and O–H groups in total. The van der Waals surface area contributed by atoms with E-state index < -0.39 is 11.6 Å². The lowest BCUT2D eigenvalue weighted by molar-refractivity contribution is -0.135. The van der Waals surface area contributed by atoms with Crippen molar-refractivity contribution in [1.29, 1.82) is 0 Å². The molecule has 1 heterocycles. The van der Waals surface area contributed by atoms with Gasteiger partial charge in [0.15, 0.2) is 0 Å². The first-order valence-corrected chi connectivity index (χ1v) is 9.06. The minimum Gasteiger partial charge on any atom is -0.352 e. The molecular weight excluding hydrogens is 318 g/mol. The zero-order chi connectivity index (χ0) is 17.9. The first kappa shape index (κ1) is 17.5. The summed E-state index contributed by atoms with van der Waals surface area (Å²) in [6.07, 6.45) is 5.80. The molecule has 1 aromatic carbocycles. The van der Waals surface area contributed by atoms with E-state index in [1.165, 1.54) is 6.42 Å². The first-order valence-electron chi connectivity index (χ1n) is 9.06. The van der Waals surface area contributed by atoms with Crippen molar-refractivity contribution in [3.05, 3.63) is 35.9 Å². The highest BCUT2D eigenvalue weighted by molar-refractivity contribution is 6.09. The average Bonchev–Trinajstić information content (AvgIpc) is 2.88. The molecule has 1 saturated carbocycles. The molecule has 134 valence electrons. The topological polar surface area (TPSA) is 78.5 Å². The Labute approximate surface area is 148 Å². The van der Waals surface area contributed by atoms with E-state index in [0.717, 1.165) is 36.1 Å². The summed E-state index contributed by atoms with van der Waals surface area (Å²) < 4.78 is 0. The van der Waals surface area contributed by atoms with Crippen LogP contribution in [0.25, 0.3) is 0 Å². The van der Waals surface area contributed by atoms with Crippen molar-refractivity contribution in [3.8, 4) is 0 Å². The number of benzene rings is 1. The van der Waals surface area contributed by atoms with Crippen LogP contribution in [0, 0.1) is 0 Å². The molecule has 1 aliphatic heterocycles. The lowest BCUT2D eigenvalue weighted by Gasteiger charge is -2.26. The number of urea groups is 1. The van der Waals surface area contributed by atoms with E-state index in [1.807, 2.05) is 37.3 Å². The Balaban J connectivity index is 1.71. The van der Waals surface area contributed by atoms with E-state index in [2.05, 4.69) is 10.6 Å². The summed E-state index contributed by atoms with van der Waals surface area (Å²) in [4.78, 5) is 38.7. The second-order valence-electron chi connectivity index (χ2n) is 6.85. The lowest BCUT2D eigenvalue weighted by atomic mass is 9.87. The Morgan fingerprint density at radius 3 is 2.52 bits per heavy atom. The summed E-state index contributed by atoms with van der Waals surface area (Å²) in [6, 6.07) is 8.85. The number of carbonyl (C=O) groups excluding carboxylic acids is 3. The van der Waals surface area contributed by atoms with Gasteiger partial charge in [-0.05, 0) is 24.8 Å². The molecule has 25 heavy (non-hydrogen) atoms. The van der Waals surface area contributed by atoms with E-state index in [4.69, 9.17) is 0 Å². The van der Waals surface area contributed by atoms with Crippen molar-refractivity contribution in [2.24, 2.45) is 0 Å². The predicted octanol–water partition coefficient (Wildman–Crippen LogP) is 2.29. The molecule has 1 aliphatic carbocycles. The third-order valence-corrected chi connectivity index (χ3v) is 5.24. The standard InChI is InChI=1S/C19H25N3O3/c1-2-19(14-9-5-3-6-10-14)17(24)22(18(25)21-19)13-16(23)20-15-11-7-4-8-12-15/h3,5-6,9-10,15H,2,4,7-8,11-13H2,1H3,(H,20,23)(H,21,25)/t19-/m0/s1. The van der Waals surface area contributed by atoms with E-state index >= 15 is 0 Å². The van der Waals surface area contributed by atoms with Crippen LogP contribution in [0.5, 0.6) is 0 Å². The fraction of sp³-hybridized carbons (Fsp3) is 0.526. The fourth-order valence-corrected chi connectivity index (χ4v) is 3.80. The van der Waals surface area contributed by atoms with Gasteiger partial charge in [0.05, 0.1) is 0 Å². The van der Waals surface area contributed by atoms with Gasteiger partial charge in [0.1, 0.15) is 12.1 Å². The van der Waals surface area contributed by atoms with Gasteiger partial charge in [-0.3, -0.25) is 14.5 Å². The van der Waals surface area contributed by atoms with Gasteiger partial charge >= 0.3 is 6.03 Å². The number of hydrogen-bond donors (Lipinski definition) is 2. The summed E-state index contributed by atoms with van der Waals surface area (Å²) in [5.74, 6) is -0.625. The summed E-state index contributed by atoms with van der Waals surface area (Å²) >= 11 is 0. The largest absolute Gasteiger partial charge is 0.352 e. The van der Waals surface area contributed by atoms with E-state index in [9.17, 15) is 14.4 Å². The summed E-state index contributed by atoms with van der Waals surface area (Å²) in [6.45, 7) is 1.63. The first-order chi connectivity index (χ1) is 12.1. The minimum absolute atomic E-state index is 0.159. The molecule has 2 aliphatic rings. The van der Waals surface area contributed by atoms with Gasteiger partial charge in [0.25, 0.3) is 5.91 Å². The highest BCUT2D eigenvalue weighted by Crippen LogP contribution is 2.32. The number of carbonyl (C=O) groups is 3. The van der Waals surface area contributed by atoms with Crippen molar-refractivity contribution in [1.82, 2.24) is 15.5 Å². The Bertz CT molecular complexity index is 655. The Hall–Kier alpha value is -2.37. The maximum absolute atomic E-state index is 13.0. The van der Waals surface area contributed by atoms with Crippen LogP contribution < -0.4 is 10.6 Å². The Kier molecular flexibility index (Phi) is 5.06. The van der Waals surface area contributed by atoms with Gasteiger partial charge in [-0.25, -0.2) is 4.79 Å². The van der Waals surface area contributed by atoms with Crippen molar-refractivity contribution in [2.75, 3.05) is 6.54 Å². The third-order valence-electron chi connectivity index (χ3n) is 5.24. The van der Waals surface area contributed by atoms with Gasteiger partial charge in [-0.15, -0.1) is 0 Å². The van der Waals surface area contributed by atoms with Gasteiger partial charge < -0.3 is 10.6 Å². The number of amides is 4. The number of imide groups is 1. The molecule has 0 unspecified atom stereocenters. The van der Waals surface area contributed by atoms with Crippen molar-refractivity contribution >= 4 is 17.8 Å². The molecule has 0 spiro atoms. The molecule has 0 bridgehead atoms. The smallest absolute Gasteiger partial charge is 0.325 e. The van der Waals surface area contributed by atoms with Gasteiger partial charge in [-0.2, -0.15) is 0 Å². The Morgan fingerprint density at radius 2 is 1.88 bits per heavy atom. The molecule has 1 aromatic rings. The number of hydrogen-bond acceptors (Lipinski definition) is 3. The van der Waals surface area contributed by atoms with Gasteiger partial charge in [0, 0.05) is 6.04 Å². The highest BCUT2D eigenvalue weighted by Gasteiger charge is 2.51. The van der Waals surface area contributed by atoms with Crippen LogP contribution >= 0.6 is 0 Å². The number of rotatable bonds is 5. The van der Waals surface area contributed by atoms with Crippen LogP contribution in [0.3, 0.4) is 0 Å². The average molecular weight is 343 g/mol. The predicted molar refractivity (Wildman–Crippen MR) is 93.7 cm³/mol. The summed E-state index contributed by atoms with van der Waals surface area (Å²) in [7, 11) is 0. The molecule has 4 amide bonds. The van der Waals surface area contributed by atoms with Gasteiger partial charge in [0.2, 0.25) is 5.91 Å². The lowest BCUT2D eigenvalue weighted by Crippen LogP contribution is -2.46. The van der Waals surface area contributed by atoms with Crippen LogP contribution in [0.1, 0.15) is 51.0 Å². The third kappa shape index (κ3) is 3.38. The molecule has 1 saturated heterocycles. The zero-order valence-electron chi connectivity index (χ0n) is 14.6. The Morgan fingerprint density at radius 1 is 1.20 bits per heavy atom. The monoisotopic (exact) mass is 343 g/mol. The molecule has 6 heteroatoms. The summed E-state index contributed by atoms with van der Waals surface area (Å²) in [5, 5.41) is 5.76. The van der Waals surface area contributed by atoms with E-state index in [1.54, 1.807) is 0 Å². The number of nitrogens with zero attached hydrogens (tertiary/aromatic N) is 1. The fourth-order valence-electron chi connectivity index (χ4n) is 3.80. The second-order valence-corrected chi connectivity index (χ2v) is 6.85. The summed E-state index contributed by atoms with van der Waals surface area (Å²) in [5.41, 5.74) is -0.338. The molecule has 2 fully saturated rings. The molecular formula is C19H25N3O3. The van der Waals surface area contributed by atoms with Crippen molar-refractivity contribution in [2.45, 2.75) is 57.0 Å².